The molecule has 0 heterocycles. The van der Waals surface area contributed by atoms with Crippen LogP contribution in [-0.4, -0.2) is 49.2 Å². The van der Waals surface area contributed by atoms with Crippen molar-refractivity contribution in [3.8, 4) is 11.5 Å². The minimum absolute atomic E-state index is 0.00524. The van der Waals surface area contributed by atoms with Crippen LogP contribution in [0.1, 0.15) is 76.3 Å². The second-order valence-electron chi connectivity index (χ2n) is 9.65. The van der Waals surface area contributed by atoms with Crippen LogP contribution < -0.4 is 20.1 Å². The standard InChI is InChI=1S/C28H34N2O6/c1-17-15-22(36-21-8-5-19(6-9-21)28(33)34)10-11-23(17)27(32)30-14-13-29-26(31)20-7-12-25(35-2)24(16-20)18-3-4-18/h7,10-12,15-16,18-19,21H,3-6,8-9,13-14H2,1-2H3,(H,29,31)(H,30,32)(H,33,34)/t19-,21+. The highest BCUT2D eigenvalue weighted by Crippen LogP contribution is 2.44. The van der Waals surface area contributed by atoms with Gasteiger partial charge in [0.1, 0.15) is 11.5 Å². The van der Waals surface area contributed by atoms with Gasteiger partial charge >= 0.3 is 5.97 Å². The van der Waals surface area contributed by atoms with E-state index in [9.17, 15) is 14.4 Å². The molecule has 0 unspecified atom stereocenters. The van der Waals surface area contributed by atoms with Crippen LogP contribution >= 0.6 is 0 Å². The SMILES string of the molecule is COc1ccc(C(=O)NCCNC(=O)c2ccc(O[C@H]3CC[C@@H](C(=O)O)CC3)cc2C)cc1C1CC1. The van der Waals surface area contributed by atoms with E-state index in [0.29, 0.717) is 61.6 Å². The van der Waals surface area contributed by atoms with Crippen molar-refractivity contribution < 1.29 is 29.0 Å². The summed E-state index contributed by atoms with van der Waals surface area (Å²) in [6.45, 7) is 2.47. The number of methoxy groups -OCH3 is 1. The van der Waals surface area contributed by atoms with Crippen molar-refractivity contribution in [3.63, 3.8) is 0 Å². The van der Waals surface area contributed by atoms with Crippen molar-refractivity contribution in [2.24, 2.45) is 5.92 Å². The molecule has 0 aliphatic heterocycles. The van der Waals surface area contributed by atoms with Crippen LogP contribution in [0.2, 0.25) is 0 Å². The lowest BCUT2D eigenvalue weighted by Crippen LogP contribution is -2.35. The number of aryl methyl sites for hydroxylation is 1. The highest BCUT2D eigenvalue weighted by molar-refractivity contribution is 5.96. The number of hydrogen-bond acceptors (Lipinski definition) is 5. The zero-order chi connectivity index (χ0) is 25.7. The zero-order valence-electron chi connectivity index (χ0n) is 20.8. The van der Waals surface area contributed by atoms with Gasteiger partial charge in [-0.2, -0.15) is 0 Å². The fourth-order valence-electron chi connectivity index (χ4n) is 4.72. The Labute approximate surface area is 211 Å². The van der Waals surface area contributed by atoms with Gasteiger partial charge in [0.2, 0.25) is 0 Å². The van der Waals surface area contributed by atoms with Crippen molar-refractivity contribution in [2.45, 2.75) is 57.5 Å². The molecule has 0 atom stereocenters. The number of hydrogen-bond donors (Lipinski definition) is 3. The lowest BCUT2D eigenvalue weighted by molar-refractivity contribution is -0.143. The average molecular weight is 495 g/mol. The van der Waals surface area contributed by atoms with E-state index in [1.165, 1.54) is 0 Å². The molecule has 4 rings (SSSR count). The molecule has 3 N–H and O–H groups in total. The van der Waals surface area contributed by atoms with Crippen molar-refractivity contribution in [2.75, 3.05) is 20.2 Å². The molecule has 0 spiro atoms. The fourth-order valence-corrected chi connectivity index (χ4v) is 4.72. The van der Waals surface area contributed by atoms with Gasteiger partial charge in [0.25, 0.3) is 11.8 Å². The van der Waals surface area contributed by atoms with Gasteiger partial charge in [-0.05, 0) is 98.9 Å². The average Bonchev–Trinajstić information content (AvgIpc) is 3.72. The minimum Gasteiger partial charge on any atom is -0.496 e. The fraction of sp³-hybridized carbons (Fsp3) is 0.464. The van der Waals surface area contributed by atoms with Crippen LogP contribution in [-0.2, 0) is 4.79 Å². The number of carbonyl (C=O) groups excluding carboxylic acids is 2. The summed E-state index contributed by atoms with van der Waals surface area (Å²) in [5.74, 6) is 0.568. The third-order valence-electron chi connectivity index (χ3n) is 6.97. The number of benzene rings is 2. The molecule has 2 aliphatic rings. The van der Waals surface area contributed by atoms with Gasteiger partial charge in [0.15, 0.2) is 0 Å². The van der Waals surface area contributed by atoms with E-state index in [2.05, 4.69) is 10.6 Å². The summed E-state index contributed by atoms with van der Waals surface area (Å²) in [5.41, 5.74) is 3.01. The van der Waals surface area contributed by atoms with Gasteiger partial charge in [-0.1, -0.05) is 0 Å². The highest BCUT2D eigenvalue weighted by Gasteiger charge is 2.28. The Hall–Kier alpha value is -3.55. The molecular weight excluding hydrogens is 460 g/mol. The van der Waals surface area contributed by atoms with E-state index in [1.807, 2.05) is 25.1 Å². The van der Waals surface area contributed by atoms with E-state index in [-0.39, 0.29) is 23.8 Å². The first-order valence-electron chi connectivity index (χ1n) is 12.6. The Kier molecular flexibility index (Phi) is 8.13. The van der Waals surface area contributed by atoms with Crippen LogP contribution in [0.4, 0.5) is 0 Å². The number of aliphatic carboxylic acids is 1. The second kappa shape index (κ2) is 11.5. The number of ether oxygens (including phenoxy) is 2. The van der Waals surface area contributed by atoms with Gasteiger partial charge in [-0.3, -0.25) is 14.4 Å². The van der Waals surface area contributed by atoms with Crippen molar-refractivity contribution in [3.05, 3.63) is 58.7 Å². The minimum atomic E-state index is -0.734. The molecule has 0 aromatic heterocycles. The number of rotatable bonds is 10. The maximum absolute atomic E-state index is 12.6. The zero-order valence-corrected chi connectivity index (χ0v) is 20.8. The van der Waals surface area contributed by atoms with Crippen LogP contribution in [0.3, 0.4) is 0 Å². The summed E-state index contributed by atoms with van der Waals surface area (Å²) in [4.78, 5) is 36.3. The molecule has 2 aliphatic carbocycles. The monoisotopic (exact) mass is 494 g/mol. The summed E-state index contributed by atoms with van der Waals surface area (Å²) >= 11 is 0. The van der Waals surface area contributed by atoms with Crippen LogP contribution in [0.5, 0.6) is 11.5 Å². The van der Waals surface area contributed by atoms with Crippen molar-refractivity contribution >= 4 is 17.8 Å². The summed E-state index contributed by atoms with van der Waals surface area (Å²) in [5, 5.41) is 14.8. The Morgan fingerprint density at radius 2 is 1.61 bits per heavy atom. The number of carbonyl (C=O) groups is 3. The largest absolute Gasteiger partial charge is 0.496 e. The summed E-state index contributed by atoms with van der Waals surface area (Å²) in [6, 6.07) is 10.8. The van der Waals surface area contributed by atoms with E-state index in [4.69, 9.17) is 14.6 Å². The first kappa shape index (κ1) is 25.5. The van der Waals surface area contributed by atoms with Crippen LogP contribution in [0.15, 0.2) is 36.4 Å². The number of nitrogens with one attached hydrogen (secondary N) is 2. The lowest BCUT2D eigenvalue weighted by Gasteiger charge is -2.27. The molecule has 2 aromatic carbocycles. The van der Waals surface area contributed by atoms with Gasteiger partial charge in [0.05, 0.1) is 19.1 Å². The van der Waals surface area contributed by atoms with Crippen molar-refractivity contribution in [1.29, 1.82) is 0 Å². The van der Waals surface area contributed by atoms with E-state index < -0.39 is 5.97 Å². The quantitative estimate of drug-likeness (QED) is 0.429. The van der Waals surface area contributed by atoms with Crippen LogP contribution in [0, 0.1) is 12.8 Å². The van der Waals surface area contributed by atoms with Gasteiger partial charge in [-0.15, -0.1) is 0 Å². The number of amides is 2. The molecule has 2 aromatic rings. The van der Waals surface area contributed by atoms with Crippen LogP contribution in [0.25, 0.3) is 0 Å². The Morgan fingerprint density at radius 1 is 0.917 bits per heavy atom. The van der Waals surface area contributed by atoms with E-state index in [1.54, 1.807) is 25.3 Å². The first-order chi connectivity index (χ1) is 17.4. The summed E-state index contributed by atoms with van der Waals surface area (Å²) in [6.07, 6.45) is 4.90. The van der Waals surface area contributed by atoms with E-state index in [0.717, 1.165) is 29.7 Å². The predicted octanol–water partition coefficient (Wildman–Crippen LogP) is 4.06. The predicted molar refractivity (Wildman–Crippen MR) is 135 cm³/mol. The molecular formula is C28H34N2O6. The Balaban J connectivity index is 1.23. The molecule has 2 fully saturated rings. The third kappa shape index (κ3) is 6.36. The normalized spacial score (nSPS) is 19.3. The molecule has 36 heavy (non-hydrogen) atoms. The smallest absolute Gasteiger partial charge is 0.306 e. The topological polar surface area (TPSA) is 114 Å². The molecule has 0 bridgehead atoms. The molecule has 0 saturated heterocycles. The molecule has 2 saturated carbocycles. The van der Waals surface area contributed by atoms with Gasteiger partial charge < -0.3 is 25.2 Å². The number of carboxylic acid groups (broad SMARTS) is 1. The molecule has 0 radical (unpaired) electrons. The summed E-state index contributed by atoms with van der Waals surface area (Å²) < 4.78 is 11.4. The Morgan fingerprint density at radius 3 is 2.22 bits per heavy atom. The Bertz CT molecular complexity index is 1120. The maximum atomic E-state index is 12.6. The third-order valence-corrected chi connectivity index (χ3v) is 6.97. The molecule has 8 nitrogen and oxygen atoms in total. The summed E-state index contributed by atoms with van der Waals surface area (Å²) in [7, 11) is 1.64. The van der Waals surface area contributed by atoms with Gasteiger partial charge in [0, 0.05) is 24.2 Å². The number of carboxylic acids is 1. The van der Waals surface area contributed by atoms with Crippen molar-refractivity contribution in [1.82, 2.24) is 10.6 Å². The second-order valence-corrected chi connectivity index (χ2v) is 9.65. The van der Waals surface area contributed by atoms with Gasteiger partial charge in [-0.25, -0.2) is 0 Å². The molecule has 8 heteroatoms. The first-order valence-corrected chi connectivity index (χ1v) is 12.6. The highest BCUT2D eigenvalue weighted by atomic mass is 16.5. The maximum Gasteiger partial charge on any atom is 0.306 e. The molecule has 192 valence electrons. The lowest BCUT2D eigenvalue weighted by atomic mass is 9.87. The van der Waals surface area contributed by atoms with E-state index >= 15 is 0 Å². The molecule has 2 amide bonds.